The summed E-state index contributed by atoms with van der Waals surface area (Å²) >= 11 is 0. The highest BCUT2D eigenvalue weighted by molar-refractivity contribution is 5.79. The number of hydrogen-bond acceptors (Lipinski definition) is 25. The SMILES string of the molecule is CC(=O)CCOCC(COCCC(C)=O)NC(=O)CCCCCN=[N+]=[N-].CC(=O)CCOCC(N)COCCC(C)=O.COCCNC(=O)CCOCC(COCCC(=O)NCCOC)NC(=O)CCCCCN=[N+]=[N-].[N-]=[N+]=NCCCCCC(=O)NC(COCCC(=O)O)COCCC(=O)O. The Morgan fingerprint density at radius 2 is 0.588 bits per heavy atom. The number of methoxy groups -OCH3 is 2. The lowest BCUT2D eigenvalue weighted by molar-refractivity contribution is -0.139. The number of carbonyl (C=O) groups is 11. The van der Waals surface area contributed by atoms with Crippen LogP contribution in [0.15, 0.2) is 15.3 Å². The van der Waals surface area contributed by atoms with Gasteiger partial charge in [0.1, 0.15) is 23.1 Å². The highest BCUT2D eigenvalue weighted by Crippen LogP contribution is 2.06. The first-order valence-corrected chi connectivity index (χ1v) is 34.2. The highest BCUT2D eigenvalue weighted by atomic mass is 16.5. The molecule has 0 saturated heterocycles. The van der Waals surface area contributed by atoms with Crippen LogP contribution in [0.3, 0.4) is 0 Å². The van der Waals surface area contributed by atoms with Gasteiger partial charge in [-0.2, -0.15) is 0 Å². The van der Waals surface area contributed by atoms with Crippen molar-refractivity contribution < 1.29 is 110 Å². The van der Waals surface area contributed by atoms with Crippen LogP contribution >= 0.6 is 0 Å². The summed E-state index contributed by atoms with van der Waals surface area (Å²) in [5.41, 5.74) is 30.3. The van der Waals surface area contributed by atoms with Crippen molar-refractivity contribution in [3.8, 4) is 0 Å². The van der Waals surface area contributed by atoms with E-state index in [4.69, 9.17) is 79.9 Å². The van der Waals surface area contributed by atoms with E-state index >= 15 is 0 Å². The van der Waals surface area contributed by atoms with Gasteiger partial charge in [-0.15, -0.1) is 0 Å². The second-order valence-corrected chi connectivity index (χ2v) is 22.7. The van der Waals surface area contributed by atoms with Crippen LogP contribution < -0.4 is 32.3 Å². The Bertz CT molecular complexity index is 2220. The molecule has 0 aromatic heterocycles. The molecule has 0 aromatic rings. The number of amides is 5. The molecule has 0 aromatic carbocycles. The number of ketones is 4. The summed E-state index contributed by atoms with van der Waals surface area (Å²) in [5.74, 6) is -2.41. The average Bonchev–Trinajstić information content (AvgIpc) is 1.24. The van der Waals surface area contributed by atoms with Crippen molar-refractivity contribution >= 4 is 64.6 Å². The fourth-order valence-electron chi connectivity index (χ4n) is 7.51. The second-order valence-electron chi connectivity index (χ2n) is 22.7. The Morgan fingerprint density at radius 3 is 0.824 bits per heavy atom. The number of azide groups is 3. The smallest absolute Gasteiger partial charge is 0.305 e. The largest absolute Gasteiger partial charge is 0.481 e. The number of nitrogens with two attached hydrogens (primary N) is 1. The van der Waals surface area contributed by atoms with Gasteiger partial charge in [-0.25, -0.2) is 0 Å². The van der Waals surface area contributed by atoms with Crippen molar-refractivity contribution in [2.75, 3.05) is 166 Å². The normalized spacial score (nSPS) is 10.5. The van der Waals surface area contributed by atoms with Crippen LogP contribution in [0.4, 0.5) is 0 Å². The van der Waals surface area contributed by atoms with E-state index in [1.807, 2.05) is 0 Å². The second kappa shape index (κ2) is 77.6. The molecule has 38 nitrogen and oxygen atoms in total. The first kappa shape index (κ1) is 101. The number of aliphatic carboxylic acids is 2. The molecule has 0 saturated carbocycles. The van der Waals surface area contributed by atoms with E-state index in [0.29, 0.717) is 150 Å². The first-order valence-electron chi connectivity index (χ1n) is 34.2. The van der Waals surface area contributed by atoms with E-state index in [9.17, 15) is 52.7 Å². The lowest BCUT2D eigenvalue weighted by Crippen LogP contribution is -2.42. The quantitative estimate of drug-likeness (QED) is 0.0178. The summed E-state index contributed by atoms with van der Waals surface area (Å²) < 4.78 is 52.5. The maximum atomic E-state index is 12.3. The van der Waals surface area contributed by atoms with Crippen molar-refractivity contribution in [2.45, 2.75) is 180 Å². The molecule has 0 spiro atoms. The van der Waals surface area contributed by atoms with Gasteiger partial charge in [0.15, 0.2) is 0 Å². The van der Waals surface area contributed by atoms with E-state index in [0.717, 1.165) is 32.1 Å². The van der Waals surface area contributed by atoms with Gasteiger partial charge in [0.05, 0.1) is 156 Å². The number of rotatable bonds is 67. The first-order chi connectivity index (χ1) is 49.0. The summed E-state index contributed by atoms with van der Waals surface area (Å²) in [6, 6.07) is -1.44. The molecule has 0 heterocycles. The van der Waals surface area contributed by atoms with Gasteiger partial charge < -0.3 is 89.9 Å². The minimum absolute atomic E-state index is 0.0102. The van der Waals surface area contributed by atoms with E-state index in [2.05, 4.69) is 56.7 Å². The third kappa shape index (κ3) is 86.7. The molecular weight excluding hydrogens is 1350 g/mol. The fourth-order valence-corrected chi connectivity index (χ4v) is 7.51. The van der Waals surface area contributed by atoms with E-state index in [-0.39, 0.29) is 163 Å². The number of carbonyl (C=O) groups excluding carboxylic acids is 9. The summed E-state index contributed by atoms with van der Waals surface area (Å²) in [6.45, 7) is 12.6. The molecule has 0 unspecified atom stereocenters. The van der Waals surface area contributed by atoms with Crippen LogP contribution in [0, 0.1) is 0 Å². The van der Waals surface area contributed by atoms with Gasteiger partial charge >= 0.3 is 11.9 Å². The van der Waals surface area contributed by atoms with Crippen molar-refractivity contribution in [2.24, 2.45) is 21.1 Å². The van der Waals surface area contributed by atoms with Crippen LogP contribution in [0.25, 0.3) is 31.3 Å². The molecule has 0 bridgehead atoms. The molecule has 5 amide bonds. The van der Waals surface area contributed by atoms with E-state index in [1.54, 1.807) is 14.2 Å². The Morgan fingerprint density at radius 1 is 0.343 bits per heavy atom. The molecule has 0 aliphatic carbocycles. The molecule has 0 aliphatic rings. The van der Waals surface area contributed by atoms with Gasteiger partial charge in [-0.3, -0.25) is 52.7 Å². The minimum atomic E-state index is -0.982. The lowest BCUT2D eigenvalue weighted by Gasteiger charge is -2.19. The fraction of sp³-hybridized carbons (Fsp3) is 0.828. The third-order valence-electron chi connectivity index (χ3n) is 12.9. The van der Waals surface area contributed by atoms with Gasteiger partial charge in [0, 0.05) is 119 Å². The Hall–Kier alpha value is -7.54. The zero-order valence-corrected chi connectivity index (χ0v) is 60.8. The van der Waals surface area contributed by atoms with Crippen LogP contribution in [-0.2, 0) is 100 Å². The molecule has 586 valence electrons. The molecular formula is C64H117N15O23. The lowest BCUT2D eigenvalue weighted by atomic mass is 10.2. The van der Waals surface area contributed by atoms with Crippen LogP contribution in [0.1, 0.15) is 156 Å². The van der Waals surface area contributed by atoms with Crippen LogP contribution in [0.2, 0.25) is 0 Å². The molecule has 9 N–H and O–H groups in total. The van der Waals surface area contributed by atoms with Crippen molar-refractivity contribution in [1.29, 1.82) is 0 Å². The standard InChI is InChI=1S/C21H40N6O7.C17H30N4O5.C15H26N4O7.C11H21NO4/c1-31-14-10-23-19(28)7-12-33-16-18(17-34-13-8-20(29)24-11-15-32-2)26-21(30)6-4-3-5-9-25-27-22;1-14(22)7-10-25-12-16(13-26-11-8-15(2)23)20-17(24)6-4-3-5-9-19-21-18;16-19-17-7-3-1-2-4-13(20)18-12(10-25-8-5-14(21)22)11-26-9-6-15(23)24;1-9(13)3-5-15-7-11(12)8-16-6-4-10(2)14/h18H,3-17H2,1-2H3,(H,23,28)(H,24,29)(H,26,30);16H,3-13H2,1-2H3,(H,20,24);12H,1-11H2,(H,18,20)(H,21,22)(H,23,24);11H,3-8,12H2,1-2H3. The van der Waals surface area contributed by atoms with Gasteiger partial charge in [-0.05, 0) is 82.8 Å². The van der Waals surface area contributed by atoms with Crippen LogP contribution in [-0.4, -0.2) is 265 Å². The summed E-state index contributed by atoms with van der Waals surface area (Å²) in [5, 5.41) is 41.3. The monoisotopic (exact) mass is 1460 g/mol. The zero-order chi connectivity index (χ0) is 76.9. The predicted molar refractivity (Wildman–Crippen MR) is 372 cm³/mol. The molecule has 102 heavy (non-hydrogen) atoms. The Balaban J connectivity index is -0.000000646. The number of nitrogens with one attached hydrogen (secondary N) is 5. The minimum Gasteiger partial charge on any atom is -0.481 e. The Labute approximate surface area is 598 Å². The van der Waals surface area contributed by atoms with Crippen molar-refractivity contribution in [1.82, 2.24) is 26.6 Å². The topological polar surface area (TPSA) is 553 Å². The Kier molecular flexibility index (Phi) is 76.7. The number of unbranched alkanes of at least 4 members (excludes halogenated alkanes) is 6. The van der Waals surface area contributed by atoms with Crippen LogP contribution in [0.5, 0.6) is 0 Å². The van der Waals surface area contributed by atoms with Crippen molar-refractivity contribution in [3.05, 3.63) is 31.3 Å². The van der Waals surface area contributed by atoms with E-state index < -0.39 is 24.0 Å². The molecule has 0 rings (SSSR count). The summed E-state index contributed by atoms with van der Waals surface area (Å²) in [6.07, 6.45) is 9.10. The molecule has 0 fully saturated rings. The van der Waals surface area contributed by atoms with Gasteiger partial charge in [0.25, 0.3) is 0 Å². The predicted octanol–water partition coefficient (Wildman–Crippen LogP) is 4.64. The van der Waals surface area contributed by atoms with Crippen molar-refractivity contribution in [3.63, 3.8) is 0 Å². The summed E-state index contributed by atoms with van der Waals surface area (Å²) in [7, 11) is 3.12. The van der Waals surface area contributed by atoms with Gasteiger partial charge in [0.2, 0.25) is 29.5 Å². The average molecular weight is 1460 g/mol. The summed E-state index contributed by atoms with van der Waals surface area (Å²) in [4.78, 5) is 132. The van der Waals surface area contributed by atoms with Gasteiger partial charge in [-0.1, -0.05) is 34.6 Å². The maximum absolute atomic E-state index is 12.3. The highest BCUT2D eigenvalue weighted by Gasteiger charge is 2.18. The molecule has 0 aliphatic heterocycles. The number of Topliss-reactive ketones (excluding diaryl/α,β-unsaturated/α-hetero) is 4. The number of hydrogen-bond donors (Lipinski definition) is 8. The maximum Gasteiger partial charge on any atom is 0.305 e. The number of carboxylic acids is 2. The zero-order valence-electron chi connectivity index (χ0n) is 60.8. The number of ether oxygens (including phenoxy) is 10. The molecule has 38 heteroatoms. The molecule has 0 radical (unpaired) electrons. The molecule has 0 atom stereocenters. The number of nitrogens with zero attached hydrogens (tertiary/aromatic N) is 9. The van der Waals surface area contributed by atoms with E-state index in [1.165, 1.54) is 27.7 Å². The third-order valence-corrected chi connectivity index (χ3v) is 12.9. The number of carboxylic acid groups (broad SMARTS) is 2.